The van der Waals surface area contributed by atoms with Crippen molar-refractivity contribution in [3.8, 4) is 5.69 Å². The van der Waals surface area contributed by atoms with E-state index in [1.54, 1.807) is 0 Å². The maximum absolute atomic E-state index is 4.07. The molecule has 0 fully saturated rings. The Labute approximate surface area is 164 Å². The summed E-state index contributed by atoms with van der Waals surface area (Å²) in [6, 6.07) is 23.8. The van der Waals surface area contributed by atoms with Crippen LogP contribution in [0.2, 0.25) is 0 Å². The Morgan fingerprint density at radius 2 is 1.57 bits per heavy atom. The average molecular weight is 362 g/mol. The number of hydrogen-bond donors (Lipinski definition) is 0. The second-order valence-electron chi connectivity index (χ2n) is 7.11. The molecule has 0 saturated heterocycles. The van der Waals surface area contributed by atoms with Crippen molar-refractivity contribution in [3.05, 3.63) is 90.6 Å². The molecule has 2 heteroatoms. The van der Waals surface area contributed by atoms with Crippen LogP contribution in [0.15, 0.2) is 79.4 Å². The van der Waals surface area contributed by atoms with Crippen molar-refractivity contribution in [1.29, 1.82) is 0 Å². The first-order valence-corrected chi connectivity index (χ1v) is 9.61. The number of rotatable bonds is 3. The molecule has 0 N–H and O–H groups in total. The van der Waals surface area contributed by atoms with Crippen LogP contribution in [-0.4, -0.2) is 9.13 Å². The lowest BCUT2D eigenvalue weighted by Gasteiger charge is -2.09. The smallest absolute Gasteiger partial charge is 0.0641 e. The average Bonchev–Trinajstić information content (AvgIpc) is 3.21. The van der Waals surface area contributed by atoms with Gasteiger partial charge in [-0.1, -0.05) is 61.2 Å². The molecule has 0 spiro atoms. The standard InChI is InChI=1S/C26H22N2/c1-4-11-21-22(5-2)27(3)24-17-16-20-19-14-9-10-15-23(19)28(26(20)25(21)24)18-12-7-6-8-13-18/h4-17H,2H2,1,3H3/b11-4-. The molecule has 5 rings (SSSR count). The minimum Gasteiger partial charge on any atom is -0.344 e. The summed E-state index contributed by atoms with van der Waals surface area (Å²) in [5.74, 6) is 0. The van der Waals surface area contributed by atoms with Crippen LogP contribution < -0.4 is 0 Å². The molecule has 136 valence electrons. The molecule has 0 aliphatic carbocycles. The van der Waals surface area contributed by atoms with E-state index in [4.69, 9.17) is 0 Å². The fourth-order valence-corrected chi connectivity index (χ4v) is 4.46. The van der Waals surface area contributed by atoms with Crippen LogP contribution in [0, 0.1) is 0 Å². The van der Waals surface area contributed by atoms with E-state index in [0.29, 0.717) is 0 Å². The summed E-state index contributed by atoms with van der Waals surface area (Å²) < 4.78 is 4.64. The van der Waals surface area contributed by atoms with Crippen molar-refractivity contribution in [1.82, 2.24) is 9.13 Å². The molecule has 2 heterocycles. The quantitative estimate of drug-likeness (QED) is 0.328. The summed E-state index contributed by atoms with van der Waals surface area (Å²) in [7, 11) is 2.12. The van der Waals surface area contributed by atoms with Crippen LogP contribution in [0.5, 0.6) is 0 Å². The van der Waals surface area contributed by atoms with Crippen LogP contribution in [0.1, 0.15) is 18.2 Å². The van der Waals surface area contributed by atoms with Gasteiger partial charge in [-0.05, 0) is 37.3 Å². The van der Waals surface area contributed by atoms with E-state index in [1.807, 2.05) is 6.08 Å². The topological polar surface area (TPSA) is 9.86 Å². The highest BCUT2D eigenvalue weighted by Crippen LogP contribution is 2.40. The normalized spacial score (nSPS) is 11.9. The highest BCUT2D eigenvalue weighted by Gasteiger charge is 2.20. The van der Waals surface area contributed by atoms with E-state index in [0.717, 1.165) is 5.69 Å². The number of fused-ring (bicyclic) bond motifs is 5. The molecule has 0 aliphatic heterocycles. The van der Waals surface area contributed by atoms with Crippen LogP contribution in [0.3, 0.4) is 0 Å². The highest BCUT2D eigenvalue weighted by molar-refractivity contribution is 6.20. The predicted octanol–water partition coefficient (Wildman–Crippen LogP) is 6.95. The van der Waals surface area contributed by atoms with E-state index in [-0.39, 0.29) is 0 Å². The lowest BCUT2D eigenvalue weighted by Crippen LogP contribution is -1.94. The summed E-state index contributed by atoms with van der Waals surface area (Å²) in [6.45, 7) is 6.14. The molecular formula is C26H22N2. The molecule has 0 saturated carbocycles. The predicted molar refractivity (Wildman–Crippen MR) is 122 cm³/mol. The van der Waals surface area contributed by atoms with Crippen molar-refractivity contribution in [2.45, 2.75) is 6.92 Å². The molecule has 0 amide bonds. The molecule has 0 radical (unpaired) electrons. The van der Waals surface area contributed by atoms with E-state index in [2.05, 4.69) is 109 Å². The minimum atomic E-state index is 1.14. The van der Waals surface area contributed by atoms with Crippen molar-refractivity contribution in [3.63, 3.8) is 0 Å². The van der Waals surface area contributed by atoms with Gasteiger partial charge in [-0.15, -0.1) is 0 Å². The summed E-state index contributed by atoms with van der Waals surface area (Å²) in [5.41, 5.74) is 7.24. The summed E-state index contributed by atoms with van der Waals surface area (Å²) in [6.07, 6.45) is 6.26. The number of benzene rings is 3. The van der Waals surface area contributed by atoms with Gasteiger partial charge in [0, 0.05) is 40.2 Å². The summed E-state index contributed by atoms with van der Waals surface area (Å²) in [4.78, 5) is 0. The van der Waals surface area contributed by atoms with Gasteiger partial charge in [0.25, 0.3) is 0 Å². The minimum absolute atomic E-state index is 1.14. The Balaban J connectivity index is 2.12. The van der Waals surface area contributed by atoms with Gasteiger partial charge in [0.2, 0.25) is 0 Å². The maximum atomic E-state index is 4.07. The number of aryl methyl sites for hydroxylation is 1. The highest BCUT2D eigenvalue weighted by atomic mass is 15.0. The molecule has 3 aromatic carbocycles. The van der Waals surface area contributed by atoms with Gasteiger partial charge in [-0.25, -0.2) is 0 Å². The molecule has 2 nitrogen and oxygen atoms in total. The number of para-hydroxylation sites is 2. The first-order chi connectivity index (χ1) is 13.8. The molecule has 0 aliphatic rings. The molecule has 0 atom stereocenters. The Kier molecular flexibility index (Phi) is 3.73. The van der Waals surface area contributed by atoms with Crippen molar-refractivity contribution in [2.24, 2.45) is 7.05 Å². The largest absolute Gasteiger partial charge is 0.344 e. The SMILES string of the molecule is C=Cc1c(/C=C\C)c2c(ccc3c4ccccc4n(-c4ccccc4)c32)n1C. The van der Waals surface area contributed by atoms with Crippen LogP contribution in [-0.2, 0) is 7.05 Å². The van der Waals surface area contributed by atoms with Crippen molar-refractivity contribution < 1.29 is 0 Å². The number of allylic oxidation sites excluding steroid dienone is 1. The Bertz CT molecular complexity index is 1380. The fourth-order valence-electron chi connectivity index (χ4n) is 4.46. The monoisotopic (exact) mass is 362 g/mol. The number of nitrogens with zero attached hydrogens (tertiary/aromatic N) is 2. The molecule has 0 unspecified atom stereocenters. The maximum Gasteiger partial charge on any atom is 0.0641 e. The zero-order valence-electron chi connectivity index (χ0n) is 16.2. The zero-order chi connectivity index (χ0) is 19.3. The third kappa shape index (κ3) is 2.15. The summed E-state index contributed by atoms with van der Waals surface area (Å²) in [5, 5.41) is 3.82. The Morgan fingerprint density at radius 3 is 2.32 bits per heavy atom. The van der Waals surface area contributed by atoms with Gasteiger partial charge < -0.3 is 9.13 Å². The van der Waals surface area contributed by atoms with Crippen LogP contribution >= 0.6 is 0 Å². The first-order valence-electron chi connectivity index (χ1n) is 9.61. The van der Waals surface area contributed by atoms with Crippen molar-refractivity contribution >= 4 is 44.9 Å². The molecule has 2 aromatic heterocycles. The molecular weight excluding hydrogens is 340 g/mol. The second-order valence-corrected chi connectivity index (χ2v) is 7.11. The zero-order valence-corrected chi connectivity index (χ0v) is 16.2. The number of aromatic nitrogens is 2. The van der Waals surface area contributed by atoms with Gasteiger partial charge in [0.1, 0.15) is 0 Å². The van der Waals surface area contributed by atoms with Gasteiger partial charge in [-0.2, -0.15) is 0 Å². The second kappa shape index (κ2) is 6.28. The van der Waals surface area contributed by atoms with E-state index < -0.39 is 0 Å². The Hall–Kier alpha value is -3.52. The fraction of sp³-hybridized carbons (Fsp3) is 0.0769. The lowest BCUT2D eigenvalue weighted by atomic mass is 10.1. The van der Waals surface area contributed by atoms with Gasteiger partial charge in [0.05, 0.1) is 16.6 Å². The molecule has 0 bridgehead atoms. The molecule has 28 heavy (non-hydrogen) atoms. The van der Waals surface area contributed by atoms with Gasteiger partial charge in [0.15, 0.2) is 0 Å². The first kappa shape index (κ1) is 16.6. The third-order valence-electron chi connectivity index (χ3n) is 5.62. The summed E-state index contributed by atoms with van der Waals surface area (Å²) >= 11 is 0. The molecule has 5 aromatic rings. The van der Waals surface area contributed by atoms with Crippen LogP contribution in [0.4, 0.5) is 0 Å². The third-order valence-corrected chi connectivity index (χ3v) is 5.62. The van der Waals surface area contributed by atoms with E-state index >= 15 is 0 Å². The van der Waals surface area contributed by atoms with Gasteiger partial charge >= 0.3 is 0 Å². The number of hydrogen-bond acceptors (Lipinski definition) is 0. The van der Waals surface area contributed by atoms with Crippen molar-refractivity contribution in [2.75, 3.05) is 0 Å². The lowest BCUT2D eigenvalue weighted by molar-refractivity contribution is 0.954. The van der Waals surface area contributed by atoms with Gasteiger partial charge in [-0.3, -0.25) is 0 Å². The van der Waals surface area contributed by atoms with E-state index in [9.17, 15) is 0 Å². The van der Waals surface area contributed by atoms with Crippen LogP contribution in [0.25, 0.3) is 50.5 Å². The van der Waals surface area contributed by atoms with E-state index in [1.165, 1.54) is 44.0 Å². The Morgan fingerprint density at radius 1 is 0.821 bits per heavy atom.